The van der Waals surface area contributed by atoms with Gasteiger partial charge in [-0.2, -0.15) is 0 Å². The summed E-state index contributed by atoms with van der Waals surface area (Å²) in [5, 5.41) is 12.3. The molecule has 2 aromatic rings. The van der Waals surface area contributed by atoms with Crippen LogP contribution in [0.5, 0.6) is 5.75 Å². The van der Waals surface area contributed by atoms with Crippen molar-refractivity contribution in [2.45, 2.75) is 25.3 Å². The smallest absolute Gasteiger partial charge is 0.330 e. The number of methoxy groups -OCH3 is 1. The maximum absolute atomic E-state index is 12.1. The Morgan fingerprint density at radius 3 is 2.22 bits per heavy atom. The normalized spacial score (nSPS) is 11.5. The first-order valence-corrected chi connectivity index (χ1v) is 8.73. The zero-order valence-corrected chi connectivity index (χ0v) is 15.5. The standard InChI is InChI=1S/C20H20ClNO5/c1-27-16-11-7-13(8-12-16)17(23)3-2-4-18(24)22-19(20(25)26)14-5-9-15(21)10-6-14/h5-12,19H,2-4H2,1H3,(H,22,24)(H,25,26). The van der Waals surface area contributed by atoms with Crippen molar-refractivity contribution >= 4 is 29.3 Å². The molecule has 0 aliphatic heterocycles. The van der Waals surface area contributed by atoms with Gasteiger partial charge in [0.25, 0.3) is 0 Å². The predicted molar refractivity (Wildman–Crippen MR) is 101 cm³/mol. The maximum Gasteiger partial charge on any atom is 0.330 e. The minimum absolute atomic E-state index is 0.0548. The topological polar surface area (TPSA) is 92.7 Å². The average molecular weight is 390 g/mol. The lowest BCUT2D eigenvalue weighted by molar-refractivity contribution is -0.142. The van der Waals surface area contributed by atoms with Gasteiger partial charge < -0.3 is 15.2 Å². The minimum atomic E-state index is -1.17. The molecular weight excluding hydrogens is 370 g/mol. The number of carboxylic acid groups (broad SMARTS) is 1. The highest BCUT2D eigenvalue weighted by Gasteiger charge is 2.22. The molecule has 6 nitrogen and oxygen atoms in total. The van der Waals surface area contributed by atoms with E-state index in [1.807, 2.05) is 0 Å². The van der Waals surface area contributed by atoms with Gasteiger partial charge in [0.2, 0.25) is 5.91 Å². The summed E-state index contributed by atoms with van der Waals surface area (Å²) >= 11 is 5.79. The molecule has 2 rings (SSSR count). The fourth-order valence-corrected chi connectivity index (χ4v) is 2.63. The van der Waals surface area contributed by atoms with Crippen LogP contribution in [0, 0.1) is 0 Å². The monoisotopic (exact) mass is 389 g/mol. The Bertz CT molecular complexity index is 802. The molecule has 0 heterocycles. The lowest BCUT2D eigenvalue weighted by atomic mass is 10.0. The van der Waals surface area contributed by atoms with Crippen molar-refractivity contribution in [3.63, 3.8) is 0 Å². The van der Waals surface area contributed by atoms with Crippen LogP contribution in [-0.2, 0) is 9.59 Å². The largest absolute Gasteiger partial charge is 0.497 e. The Balaban J connectivity index is 1.85. The second kappa shape index (κ2) is 9.73. The summed E-state index contributed by atoms with van der Waals surface area (Å²) in [5.41, 5.74) is 0.968. The van der Waals surface area contributed by atoms with Gasteiger partial charge in [-0.15, -0.1) is 0 Å². The molecule has 0 saturated heterocycles. The van der Waals surface area contributed by atoms with Gasteiger partial charge in [0.1, 0.15) is 5.75 Å². The number of carbonyl (C=O) groups excluding carboxylic acids is 2. The fraction of sp³-hybridized carbons (Fsp3) is 0.250. The van der Waals surface area contributed by atoms with Crippen molar-refractivity contribution in [2.75, 3.05) is 7.11 Å². The van der Waals surface area contributed by atoms with E-state index in [2.05, 4.69) is 5.32 Å². The third-order valence-electron chi connectivity index (χ3n) is 3.98. The highest BCUT2D eigenvalue weighted by Crippen LogP contribution is 2.18. The zero-order chi connectivity index (χ0) is 19.8. The molecular formula is C20H20ClNO5. The van der Waals surface area contributed by atoms with Crippen molar-refractivity contribution in [2.24, 2.45) is 0 Å². The molecule has 1 amide bonds. The Labute approximate surface area is 162 Å². The van der Waals surface area contributed by atoms with Gasteiger partial charge in [-0.25, -0.2) is 4.79 Å². The van der Waals surface area contributed by atoms with E-state index in [9.17, 15) is 19.5 Å². The van der Waals surface area contributed by atoms with Crippen LogP contribution in [-0.4, -0.2) is 29.9 Å². The number of carbonyl (C=O) groups is 3. The van der Waals surface area contributed by atoms with E-state index in [0.717, 1.165) is 0 Å². The Kier molecular flexibility index (Phi) is 7.37. The summed E-state index contributed by atoms with van der Waals surface area (Å²) in [4.78, 5) is 35.6. The molecule has 0 aliphatic carbocycles. The summed E-state index contributed by atoms with van der Waals surface area (Å²) in [6, 6.07) is 11.8. The third kappa shape index (κ3) is 6.11. The van der Waals surface area contributed by atoms with E-state index < -0.39 is 17.9 Å². The van der Waals surface area contributed by atoms with E-state index in [1.165, 1.54) is 0 Å². The first-order valence-electron chi connectivity index (χ1n) is 8.35. The number of Topliss-reactive ketones (excluding diaryl/α,β-unsaturated/α-hetero) is 1. The average Bonchev–Trinajstić information content (AvgIpc) is 2.66. The molecule has 0 fully saturated rings. The maximum atomic E-state index is 12.1. The van der Waals surface area contributed by atoms with Crippen LogP contribution in [0.3, 0.4) is 0 Å². The van der Waals surface area contributed by atoms with Crippen LogP contribution < -0.4 is 10.1 Å². The molecule has 2 N–H and O–H groups in total. The zero-order valence-electron chi connectivity index (χ0n) is 14.8. The Morgan fingerprint density at radius 1 is 1.04 bits per heavy atom. The first-order chi connectivity index (χ1) is 12.9. The molecule has 0 aromatic heterocycles. The minimum Gasteiger partial charge on any atom is -0.497 e. The van der Waals surface area contributed by atoms with Crippen molar-refractivity contribution in [3.8, 4) is 5.75 Å². The van der Waals surface area contributed by atoms with Gasteiger partial charge >= 0.3 is 5.97 Å². The van der Waals surface area contributed by atoms with E-state index in [0.29, 0.717) is 28.3 Å². The number of amides is 1. The number of aliphatic carboxylic acids is 1. The van der Waals surface area contributed by atoms with Crippen LogP contribution in [0.1, 0.15) is 41.2 Å². The number of ketones is 1. The van der Waals surface area contributed by atoms with E-state index in [-0.39, 0.29) is 18.6 Å². The molecule has 1 atom stereocenters. The van der Waals surface area contributed by atoms with Gasteiger partial charge in [0.15, 0.2) is 11.8 Å². The number of halogens is 1. The fourth-order valence-electron chi connectivity index (χ4n) is 2.51. The highest BCUT2D eigenvalue weighted by atomic mass is 35.5. The summed E-state index contributed by atoms with van der Waals surface area (Å²) in [5.74, 6) is -1.02. The Morgan fingerprint density at radius 2 is 1.67 bits per heavy atom. The highest BCUT2D eigenvalue weighted by molar-refractivity contribution is 6.30. The van der Waals surface area contributed by atoms with Crippen LogP contribution in [0.4, 0.5) is 0 Å². The number of rotatable bonds is 9. The van der Waals surface area contributed by atoms with Crippen LogP contribution in [0.25, 0.3) is 0 Å². The van der Waals surface area contributed by atoms with Crippen LogP contribution in [0.2, 0.25) is 5.02 Å². The van der Waals surface area contributed by atoms with E-state index in [1.54, 1.807) is 55.6 Å². The molecule has 2 aromatic carbocycles. The molecule has 0 spiro atoms. The molecule has 27 heavy (non-hydrogen) atoms. The summed E-state index contributed by atoms with van der Waals surface area (Å²) < 4.78 is 5.04. The number of carboxylic acids is 1. The van der Waals surface area contributed by atoms with Gasteiger partial charge in [-0.3, -0.25) is 9.59 Å². The Hall–Kier alpha value is -2.86. The molecule has 142 valence electrons. The van der Waals surface area contributed by atoms with Crippen molar-refractivity contribution in [1.29, 1.82) is 0 Å². The lowest BCUT2D eigenvalue weighted by Crippen LogP contribution is -2.33. The number of ether oxygens (including phenoxy) is 1. The van der Waals surface area contributed by atoms with Gasteiger partial charge in [0, 0.05) is 23.4 Å². The predicted octanol–water partition coefficient (Wildman–Crippen LogP) is 3.64. The summed E-state index contributed by atoms with van der Waals surface area (Å²) in [6.45, 7) is 0. The van der Waals surface area contributed by atoms with Crippen LogP contribution >= 0.6 is 11.6 Å². The number of benzene rings is 2. The molecule has 1 unspecified atom stereocenters. The third-order valence-corrected chi connectivity index (χ3v) is 4.23. The van der Waals surface area contributed by atoms with Crippen molar-refractivity contribution in [1.82, 2.24) is 5.32 Å². The first kappa shape index (κ1) is 20.5. The van der Waals surface area contributed by atoms with Gasteiger partial charge in [-0.1, -0.05) is 23.7 Å². The van der Waals surface area contributed by atoms with E-state index >= 15 is 0 Å². The molecule has 0 radical (unpaired) electrons. The van der Waals surface area contributed by atoms with Gasteiger partial charge in [0.05, 0.1) is 7.11 Å². The van der Waals surface area contributed by atoms with Crippen molar-refractivity contribution < 1.29 is 24.2 Å². The van der Waals surface area contributed by atoms with Crippen molar-refractivity contribution in [3.05, 3.63) is 64.7 Å². The SMILES string of the molecule is COc1ccc(C(=O)CCCC(=O)NC(C(=O)O)c2ccc(Cl)cc2)cc1. The number of nitrogens with one attached hydrogen (secondary N) is 1. The second-order valence-electron chi connectivity index (χ2n) is 5.90. The quantitative estimate of drug-likeness (QED) is 0.638. The number of hydrogen-bond acceptors (Lipinski definition) is 4. The second-order valence-corrected chi connectivity index (χ2v) is 6.33. The molecule has 7 heteroatoms. The molecule has 0 saturated carbocycles. The summed E-state index contributed by atoms with van der Waals surface area (Å²) in [7, 11) is 1.55. The lowest BCUT2D eigenvalue weighted by Gasteiger charge is -2.15. The molecule has 0 aliphatic rings. The van der Waals surface area contributed by atoms with E-state index in [4.69, 9.17) is 16.3 Å². The van der Waals surface area contributed by atoms with Crippen LogP contribution in [0.15, 0.2) is 48.5 Å². The van der Waals surface area contributed by atoms with Gasteiger partial charge in [-0.05, 0) is 48.4 Å². The summed E-state index contributed by atoms with van der Waals surface area (Å²) in [6.07, 6.45) is 0.571. The molecule has 0 bridgehead atoms. The number of hydrogen-bond donors (Lipinski definition) is 2.